The Morgan fingerprint density at radius 3 is 2.44 bits per heavy atom. The molecule has 1 unspecified atom stereocenters. The molecule has 0 heterocycles. The lowest BCUT2D eigenvalue weighted by atomic mass is 9.95. The van der Waals surface area contributed by atoms with Crippen LogP contribution in [-0.2, 0) is 6.42 Å². The summed E-state index contributed by atoms with van der Waals surface area (Å²) >= 11 is 0. The Morgan fingerprint density at radius 1 is 0.944 bits per heavy atom. The van der Waals surface area contributed by atoms with Crippen LogP contribution in [-0.4, -0.2) is 6.04 Å². The summed E-state index contributed by atoms with van der Waals surface area (Å²) in [4.78, 5) is 0. The minimum atomic E-state index is 0.276. The van der Waals surface area contributed by atoms with Gasteiger partial charge in [0.15, 0.2) is 0 Å². The number of fused-ring (bicyclic) bond motifs is 1. The van der Waals surface area contributed by atoms with Crippen LogP contribution in [0.1, 0.15) is 32.3 Å². The zero-order valence-corrected chi connectivity index (χ0v) is 11.4. The molecule has 0 spiro atoms. The number of rotatable bonds is 5. The summed E-state index contributed by atoms with van der Waals surface area (Å²) in [6.45, 7) is 4.51. The quantitative estimate of drug-likeness (QED) is 0.836. The SMILES string of the molecule is CC(C)CCC(N)Cc1cccc2ccccc12. The van der Waals surface area contributed by atoms with E-state index in [4.69, 9.17) is 5.73 Å². The van der Waals surface area contributed by atoms with Crippen LogP contribution in [0.25, 0.3) is 10.8 Å². The fraction of sp³-hybridized carbons (Fsp3) is 0.412. The molecule has 2 N–H and O–H groups in total. The average Bonchev–Trinajstić information content (AvgIpc) is 2.37. The molecule has 96 valence electrons. The van der Waals surface area contributed by atoms with Crippen molar-refractivity contribution in [3.8, 4) is 0 Å². The van der Waals surface area contributed by atoms with Crippen LogP contribution in [0.15, 0.2) is 42.5 Å². The van der Waals surface area contributed by atoms with Gasteiger partial charge in [-0.15, -0.1) is 0 Å². The fourth-order valence-corrected chi connectivity index (χ4v) is 2.40. The van der Waals surface area contributed by atoms with Crippen molar-refractivity contribution in [3.63, 3.8) is 0 Å². The van der Waals surface area contributed by atoms with Gasteiger partial charge in [0, 0.05) is 6.04 Å². The van der Waals surface area contributed by atoms with Gasteiger partial charge in [-0.1, -0.05) is 56.3 Å². The van der Waals surface area contributed by atoms with Crippen molar-refractivity contribution in [1.29, 1.82) is 0 Å². The monoisotopic (exact) mass is 241 g/mol. The maximum absolute atomic E-state index is 6.25. The largest absolute Gasteiger partial charge is 0.327 e. The van der Waals surface area contributed by atoms with Crippen LogP contribution >= 0.6 is 0 Å². The number of hydrogen-bond acceptors (Lipinski definition) is 1. The lowest BCUT2D eigenvalue weighted by Crippen LogP contribution is -2.23. The number of nitrogens with two attached hydrogens (primary N) is 1. The Hall–Kier alpha value is -1.34. The van der Waals surface area contributed by atoms with Gasteiger partial charge in [-0.2, -0.15) is 0 Å². The van der Waals surface area contributed by atoms with Gasteiger partial charge in [-0.3, -0.25) is 0 Å². The van der Waals surface area contributed by atoms with Crippen LogP contribution in [0.5, 0.6) is 0 Å². The Bertz CT molecular complexity index is 496. The topological polar surface area (TPSA) is 26.0 Å². The third-order valence-corrected chi connectivity index (χ3v) is 3.48. The Labute approximate surface area is 110 Å². The molecule has 0 saturated heterocycles. The van der Waals surface area contributed by atoms with Gasteiger partial charge in [0.25, 0.3) is 0 Å². The highest BCUT2D eigenvalue weighted by molar-refractivity contribution is 5.85. The van der Waals surface area contributed by atoms with Gasteiger partial charge in [-0.25, -0.2) is 0 Å². The summed E-state index contributed by atoms with van der Waals surface area (Å²) in [5.74, 6) is 0.739. The van der Waals surface area contributed by atoms with E-state index in [-0.39, 0.29) is 6.04 Å². The van der Waals surface area contributed by atoms with Crippen LogP contribution in [0.2, 0.25) is 0 Å². The lowest BCUT2D eigenvalue weighted by Gasteiger charge is -2.14. The molecule has 0 bridgehead atoms. The minimum absolute atomic E-state index is 0.276. The smallest absolute Gasteiger partial charge is 0.00796 e. The first-order valence-corrected chi connectivity index (χ1v) is 6.89. The maximum atomic E-state index is 6.25. The Balaban J connectivity index is 2.11. The second-order valence-corrected chi connectivity index (χ2v) is 5.57. The summed E-state index contributed by atoms with van der Waals surface area (Å²) < 4.78 is 0. The van der Waals surface area contributed by atoms with E-state index in [1.54, 1.807) is 0 Å². The molecule has 0 aliphatic rings. The summed E-state index contributed by atoms with van der Waals surface area (Å²) in [7, 11) is 0. The van der Waals surface area contributed by atoms with Gasteiger partial charge in [0.1, 0.15) is 0 Å². The molecule has 0 fully saturated rings. The summed E-state index contributed by atoms with van der Waals surface area (Å²) in [5.41, 5.74) is 7.62. The minimum Gasteiger partial charge on any atom is -0.327 e. The molecule has 1 heteroatoms. The summed E-state index contributed by atoms with van der Waals surface area (Å²) in [5, 5.41) is 2.66. The zero-order chi connectivity index (χ0) is 13.0. The molecule has 2 aromatic rings. The third kappa shape index (κ3) is 3.33. The molecule has 0 amide bonds. The molecule has 0 aliphatic heterocycles. The van der Waals surface area contributed by atoms with Crippen molar-refractivity contribution < 1.29 is 0 Å². The van der Waals surface area contributed by atoms with Gasteiger partial charge < -0.3 is 5.73 Å². The first-order valence-electron chi connectivity index (χ1n) is 6.89. The molecule has 18 heavy (non-hydrogen) atoms. The van der Waals surface area contributed by atoms with Gasteiger partial charge in [-0.05, 0) is 41.5 Å². The van der Waals surface area contributed by atoms with E-state index >= 15 is 0 Å². The van der Waals surface area contributed by atoms with Crippen LogP contribution in [0.4, 0.5) is 0 Å². The van der Waals surface area contributed by atoms with Crippen LogP contribution in [0.3, 0.4) is 0 Å². The van der Waals surface area contributed by atoms with Crippen molar-refractivity contribution in [2.45, 2.75) is 39.2 Å². The highest BCUT2D eigenvalue weighted by Crippen LogP contribution is 2.20. The Kier molecular flexibility index (Phi) is 4.38. The zero-order valence-electron chi connectivity index (χ0n) is 11.4. The van der Waals surface area contributed by atoms with E-state index < -0.39 is 0 Å². The predicted octanol–water partition coefficient (Wildman–Crippen LogP) is 4.15. The Morgan fingerprint density at radius 2 is 1.67 bits per heavy atom. The molecule has 0 aliphatic carbocycles. The van der Waals surface area contributed by atoms with Crippen molar-refractivity contribution in [2.75, 3.05) is 0 Å². The summed E-state index contributed by atoms with van der Waals surface area (Å²) in [6.07, 6.45) is 3.31. The molecular weight excluding hydrogens is 218 g/mol. The third-order valence-electron chi connectivity index (χ3n) is 3.48. The lowest BCUT2D eigenvalue weighted by molar-refractivity contribution is 0.495. The van der Waals surface area contributed by atoms with E-state index in [9.17, 15) is 0 Å². The van der Waals surface area contributed by atoms with E-state index in [0.29, 0.717) is 0 Å². The van der Waals surface area contributed by atoms with Crippen LogP contribution in [0, 0.1) is 5.92 Å². The standard InChI is InChI=1S/C17H23N/c1-13(2)10-11-16(18)12-15-8-5-7-14-6-3-4-9-17(14)15/h3-9,13,16H,10-12,18H2,1-2H3. The highest BCUT2D eigenvalue weighted by Gasteiger charge is 2.07. The van der Waals surface area contributed by atoms with E-state index in [1.165, 1.54) is 22.8 Å². The second kappa shape index (κ2) is 6.01. The van der Waals surface area contributed by atoms with E-state index in [0.717, 1.165) is 18.8 Å². The van der Waals surface area contributed by atoms with E-state index in [2.05, 4.69) is 56.3 Å². The average molecular weight is 241 g/mol. The molecule has 2 aromatic carbocycles. The number of hydrogen-bond donors (Lipinski definition) is 1. The fourth-order valence-electron chi connectivity index (χ4n) is 2.40. The first-order chi connectivity index (χ1) is 8.66. The second-order valence-electron chi connectivity index (χ2n) is 5.57. The van der Waals surface area contributed by atoms with Crippen molar-refractivity contribution in [2.24, 2.45) is 11.7 Å². The maximum Gasteiger partial charge on any atom is 0.00796 e. The number of benzene rings is 2. The molecule has 1 nitrogen and oxygen atoms in total. The van der Waals surface area contributed by atoms with Crippen LogP contribution < -0.4 is 5.73 Å². The van der Waals surface area contributed by atoms with E-state index in [1.807, 2.05) is 0 Å². The predicted molar refractivity (Wildman–Crippen MR) is 79.7 cm³/mol. The molecule has 2 rings (SSSR count). The van der Waals surface area contributed by atoms with Crippen molar-refractivity contribution >= 4 is 10.8 Å². The molecule has 0 aromatic heterocycles. The first kappa shape index (κ1) is 13.1. The molecular formula is C17H23N. The van der Waals surface area contributed by atoms with Crippen molar-refractivity contribution in [1.82, 2.24) is 0 Å². The molecule has 0 radical (unpaired) electrons. The highest BCUT2D eigenvalue weighted by atomic mass is 14.6. The molecule has 1 atom stereocenters. The van der Waals surface area contributed by atoms with Gasteiger partial charge in [0.05, 0.1) is 0 Å². The van der Waals surface area contributed by atoms with Gasteiger partial charge in [0.2, 0.25) is 0 Å². The van der Waals surface area contributed by atoms with Gasteiger partial charge >= 0.3 is 0 Å². The normalized spacial score (nSPS) is 13.1. The molecule has 0 saturated carbocycles. The van der Waals surface area contributed by atoms with Crippen molar-refractivity contribution in [3.05, 3.63) is 48.0 Å². The summed E-state index contributed by atoms with van der Waals surface area (Å²) in [6, 6.07) is 15.3.